The second-order valence-corrected chi connectivity index (χ2v) is 3.38. The molecule has 0 atom stereocenters. The summed E-state index contributed by atoms with van der Waals surface area (Å²) in [5.41, 5.74) is 1.17. The third-order valence-corrected chi connectivity index (χ3v) is 2.27. The zero-order chi connectivity index (χ0) is 8.97. The van der Waals surface area contributed by atoms with Crippen molar-refractivity contribution in [1.82, 2.24) is 5.32 Å². The van der Waals surface area contributed by atoms with Crippen molar-refractivity contribution in [3.8, 4) is 0 Å². The van der Waals surface area contributed by atoms with Crippen molar-refractivity contribution in [2.24, 2.45) is 0 Å². The predicted octanol–water partition coefficient (Wildman–Crippen LogP) is 2.20. The van der Waals surface area contributed by atoms with E-state index in [0.717, 1.165) is 5.00 Å². The summed E-state index contributed by atoms with van der Waals surface area (Å²) in [6.07, 6.45) is 0. The molecule has 0 aliphatic heterocycles. The summed E-state index contributed by atoms with van der Waals surface area (Å²) < 4.78 is 0. The lowest BCUT2D eigenvalue weighted by molar-refractivity contribution is 0.252. The number of amides is 2. The fourth-order valence-electron chi connectivity index (χ4n) is 0.813. The molecule has 0 fully saturated rings. The van der Waals surface area contributed by atoms with Crippen LogP contribution in [0, 0.1) is 6.92 Å². The Hall–Kier alpha value is -1.03. The Balaban J connectivity index is 2.46. The molecular weight excluding hydrogens is 172 g/mol. The first-order valence-corrected chi connectivity index (χ1v) is 4.70. The van der Waals surface area contributed by atoms with Gasteiger partial charge in [-0.3, -0.25) is 5.32 Å². The molecule has 1 aromatic rings. The number of nitrogens with one attached hydrogen (secondary N) is 2. The van der Waals surface area contributed by atoms with E-state index >= 15 is 0 Å². The fraction of sp³-hybridized carbons (Fsp3) is 0.375. The quantitative estimate of drug-likeness (QED) is 0.726. The number of anilines is 1. The van der Waals surface area contributed by atoms with Crippen molar-refractivity contribution < 1.29 is 4.79 Å². The molecule has 0 radical (unpaired) electrons. The number of hydrogen-bond donors (Lipinski definition) is 2. The number of aryl methyl sites for hydroxylation is 1. The first kappa shape index (κ1) is 9.06. The van der Waals surface area contributed by atoms with Crippen molar-refractivity contribution in [3.05, 3.63) is 17.0 Å². The molecule has 0 aliphatic rings. The lowest BCUT2D eigenvalue weighted by Crippen LogP contribution is -2.27. The maximum atomic E-state index is 11.0. The summed E-state index contributed by atoms with van der Waals surface area (Å²) in [6, 6.07) is 1.80. The first-order valence-electron chi connectivity index (χ1n) is 3.82. The topological polar surface area (TPSA) is 41.1 Å². The van der Waals surface area contributed by atoms with E-state index in [0.29, 0.717) is 6.54 Å². The van der Waals surface area contributed by atoms with Crippen LogP contribution in [0.4, 0.5) is 9.80 Å². The standard InChI is InChI=1S/C8H12N2OS/c1-3-9-8(11)10-7-4-6(2)5-12-7/h4-5H,3H2,1-2H3,(H2,9,10,11). The van der Waals surface area contributed by atoms with E-state index in [1.165, 1.54) is 16.9 Å². The molecule has 12 heavy (non-hydrogen) atoms. The smallest absolute Gasteiger partial charge is 0.319 e. The van der Waals surface area contributed by atoms with Crippen LogP contribution in [-0.2, 0) is 0 Å². The highest BCUT2D eigenvalue weighted by atomic mass is 32.1. The fourth-order valence-corrected chi connectivity index (χ4v) is 1.60. The van der Waals surface area contributed by atoms with Crippen molar-refractivity contribution in [2.45, 2.75) is 13.8 Å². The van der Waals surface area contributed by atoms with Gasteiger partial charge in [-0.05, 0) is 30.9 Å². The van der Waals surface area contributed by atoms with Gasteiger partial charge in [-0.25, -0.2) is 4.79 Å². The van der Waals surface area contributed by atoms with E-state index in [2.05, 4.69) is 10.6 Å². The Morgan fingerprint density at radius 3 is 2.92 bits per heavy atom. The summed E-state index contributed by atoms with van der Waals surface area (Å²) in [4.78, 5) is 11.0. The van der Waals surface area contributed by atoms with Gasteiger partial charge < -0.3 is 5.32 Å². The van der Waals surface area contributed by atoms with Gasteiger partial charge >= 0.3 is 6.03 Å². The maximum absolute atomic E-state index is 11.0. The zero-order valence-electron chi connectivity index (χ0n) is 7.18. The number of carbonyl (C=O) groups excluding carboxylic acids is 1. The first-order chi connectivity index (χ1) is 5.72. The van der Waals surface area contributed by atoms with E-state index in [4.69, 9.17) is 0 Å². The van der Waals surface area contributed by atoms with Crippen LogP contribution in [-0.4, -0.2) is 12.6 Å². The van der Waals surface area contributed by atoms with Gasteiger partial charge in [0.1, 0.15) is 0 Å². The van der Waals surface area contributed by atoms with Crippen LogP contribution in [0.1, 0.15) is 12.5 Å². The van der Waals surface area contributed by atoms with Crippen molar-refractivity contribution >= 4 is 22.4 Å². The second-order valence-electron chi connectivity index (χ2n) is 2.47. The van der Waals surface area contributed by atoms with Gasteiger partial charge in [0.25, 0.3) is 0 Å². The van der Waals surface area contributed by atoms with Gasteiger partial charge in [0.2, 0.25) is 0 Å². The summed E-state index contributed by atoms with van der Waals surface area (Å²) in [7, 11) is 0. The number of thiophene rings is 1. The minimum absolute atomic E-state index is 0.139. The van der Waals surface area contributed by atoms with Crippen LogP contribution in [0.2, 0.25) is 0 Å². The number of urea groups is 1. The van der Waals surface area contributed by atoms with E-state index in [-0.39, 0.29) is 6.03 Å². The summed E-state index contributed by atoms with van der Waals surface area (Å²) in [6.45, 7) is 4.54. The molecule has 0 unspecified atom stereocenters. The summed E-state index contributed by atoms with van der Waals surface area (Å²) in [5, 5.41) is 8.28. The molecule has 0 aliphatic carbocycles. The number of carbonyl (C=O) groups is 1. The Labute approximate surface area is 75.8 Å². The van der Waals surface area contributed by atoms with E-state index in [9.17, 15) is 4.79 Å². The molecule has 1 heterocycles. The third kappa shape index (κ3) is 2.54. The van der Waals surface area contributed by atoms with Crippen LogP contribution in [0.3, 0.4) is 0 Å². The molecule has 2 N–H and O–H groups in total. The average Bonchev–Trinajstić information content (AvgIpc) is 2.36. The molecule has 66 valence electrons. The van der Waals surface area contributed by atoms with Crippen molar-refractivity contribution in [2.75, 3.05) is 11.9 Å². The molecule has 4 heteroatoms. The second kappa shape index (κ2) is 4.11. The summed E-state index contributed by atoms with van der Waals surface area (Å²) in [5.74, 6) is 0. The highest BCUT2D eigenvalue weighted by Crippen LogP contribution is 2.18. The van der Waals surface area contributed by atoms with Gasteiger partial charge in [-0.15, -0.1) is 11.3 Å². The van der Waals surface area contributed by atoms with E-state index in [1.807, 2.05) is 25.3 Å². The number of hydrogen-bond acceptors (Lipinski definition) is 2. The monoisotopic (exact) mass is 184 g/mol. The predicted molar refractivity (Wildman–Crippen MR) is 51.8 cm³/mol. The maximum Gasteiger partial charge on any atom is 0.319 e. The van der Waals surface area contributed by atoms with Crippen LogP contribution < -0.4 is 10.6 Å². The Bertz CT molecular complexity index is 270. The molecular formula is C8H12N2OS. The highest BCUT2D eigenvalue weighted by Gasteiger charge is 2.00. The van der Waals surface area contributed by atoms with Crippen LogP contribution in [0.15, 0.2) is 11.4 Å². The van der Waals surface area contributed by atoms with Crippen molar-refractivity contribution in [3.63, 3.8) is 0 Å². The lowest BCUT2D eigenvalue weighted by atomic mass is 10.4. The Kier molecular flexibility index (Phi) is 3.10. The molecule has 0 aromatic carbocycles. The minimum atomic E-state index is -0.139. The van der Waals surface area contributed by atoms with Crippen LogP contribution in [0.25, 0.3) is 0 Å². The molecule has 3 nitrogen and oxygen atoms in total. The Morgan fingerprint density at radius 2 is 2.42 bits per heavy atom. The number of rotatable bonds is 2. The zero-order valence-corrected chi connectivity index (χ0v) is 7.99. The Morgan fingerprint density at radius 1 is 1.67 bits per heavy atom. The molecule has 0 saturated heterocycles. The molecule has 1 aromatic heterocycles. The average molecular weight is 184 g/mol. The third-order valence-electron chi connectivity index (χ3n) is 1.30. The van der Waals surface area contributed by atoms with Gasteiger partial charge in [-0.1, -0.05) is 0 Å². The van der Waals surface area contributed by atoms with Gasteiger partial charge in [0.05, 0.1) is 5.00 Å². The molecule has 0 spiro atoms. The van der Waals surface area contributed by atoms with E-state index in [1.54, 1.807) is 0 Å². The minimum Gasteiger partial charge on any atom is -0.338 e. The normalized spacial score (nSPS) is 9.50. The molecule has 0 saturated carbocycles. The van der Waals surface area contributed by atoms with Gasteiger partial charge in [-0.2, -0.15) is 0 Å². The van der Waals surface area contributed by atoms with E-state index < -0.39 is 0 Å². The van der Waals surface area contributed by atoms with Gasteiger partial charge in [0.15, 0.2) is 0 Å². The van der Waals surface area contributed by atoms with Crippen molar-refractivity contribution in [1.29, 1.82) is 0 Å². The SMILES string of the molecule is CCNC(=O)Nc1cc(C)cs1. The van der Waals surface area contributed by atoms with Crippen LogP contribution >= 0.6 is 11.3 Å². The van der Waals surface area contributed by atoms with Gasteiger partial charge in [0, 0.05) is 6.54 Å². The molecule has 2 amide bonds. The molecule has 1 rings (SSSR count). The summed E-state index contributed by atoms with van der Waals surface area (Å²) >= 11 is 1.53. The molecule has 0 bridgehead atoms. The van der Waals surface area contributed by atoms with Crippen LogP contribution in [0.5, 0.6) is 0 Å². The highest BCUT2D eigenvalue weighted by molar-refractivity contribution is 7.14. The lowest BCUT2D eigenvalue weighted by Gasteiger charge is -2.01. The largest absolute Gasteiger partial charge is 0.338 e.